The Morgan fingerprint density at radius 2 is 2.04 bits per heavy atom. The number of fused-ring (bicyclic) bond motifs is 1. The van der Waals surface area contributed by atoms with E-state index in [1.807, 2.05) is 24.0 Å². The van der Waals surface area contributed by atoms with Gasteiger partial charge in [0.05, 0.1) is 4.92 Å². The maximum atomic E-state index is 11.4. The Balaban J connectivity index is 1.67. The van der Waals surface area contributed by atoms with Crippen molar-refractivity contribution in [2.75, 3.05) is 44.6 Å². The van der Waals surface area contributed by atoms with E-state index in [1.165, 1.54) is 6.07 Å². The van der Waals surface area contributed by atoms with Crippen LogP contribution >= 0.6 is 0 Å². The highest BCUT2D eigenvalue weighted by molar-refractivity contribution is 5.96. The van der Waals surface area contributed by atoms with E-state index in [1.54, 1.807) is 13.0 Å². The van der Waals surface area contributed by atoms with Gasteiger partial charge in [-0.05, 0) is 13.0 Å². The van der Waals surface area contributed by atoms with Gasteiger partial charge >= 0.3 is 0 Å². The smallest absolute Gasteiger partial charge is 0.295 e. The molecule has 1 aliphatic heterocycles. The number of carbonyl (C=O) groups excluding carboxylic acids is 1. The summed E-state index contributed by atoms with van der Waals surface area (Å²) in [6.07, 6.45) is 0. The van der Waals surface area contributed by atoms with E-state index in [0.717, 1.165) is 56.0 Å². The maximum absolute atomic E-state index is 11.4. The van der Waals surface area contributed by atoms with Crippen LogP contribution in [0.5, 0.6) is 0 Å². The molecule has 8 heteroatoms. The number of nitrogens with one attached hydrogen (secondary N) is 1. The van der Waals surface area contributed by atoms with Crippen molar-refractivity contribution in [1.82, 2.24) is 14.8 Å². The van der Waals surface area contributed by atoms with Crippen molar-refractivity contribution in [3.8, 4) is 0 Å². The molecule has 0 atom stereocenters. The first-order chi connectivity index (χ1) is 12.5. The summed E-state index contributed by atoms with van der Waals surface area (Å²) in [5.74, 6) is 0.128. The van der Waals surface area contributed by atoms with Gasteiger partial charge in [-0.15, -0.1) is 0 Å². The van der Waals surface area contributed by atoms with Crippen LogP contribution in [0.15, 0.2) is 24.3 Å². The Morgan fingerprint density at radius 3 is 2.69 bits per heavy atom. The summed E-state index contributed by atoms with van der Waals surface area (Å²) in [6, 6.07) is 6.93. The van der Waals surface area contributed by atoms with E-state index in [9.17, 15) is 14.9 Å². The number of aryl methyl sites for hydroxylation is 1. The summed E-state index contributed by atoms with van der Waals surface area (Å²) >= 11 is 0. The predicted octanol–water partition coefficient (Wildman–Crippen LogP) is 2.03. The highest BCUT2D eigenvalue weighted by Crippen LogP contribution is 2.29. The first-order valence-electron chi connectivity index (χ1n) is 8.72. The lowest BCUT2D eigenvalue weighted by molar-refractivity contribution is -0.383. The molecule has 0 aliphatic carbocycles. The second-order valence-corrected chi connectivity index (χ2v) is 6.52. The van der Waals surface area contributed by atoms with Gasteiger partial charge in [-0.25, -0.2) is 4.98 Å². The van der Waals surface area contributed by atoms with Crippen molar-refractivity contribution in [1.29, 1.82) is 0 Å². The molecule has 138 valence electrons. The van der Waals surface area contributed by atoms with Crippen LogP contribution in [-0.4, -0.2) is 64.9 Å². The summed E-state index contributed by atoms with van der Waals surface area (Å²) in [7, 11) is 0. The number of rotatable bonds is 5. The molecule has 3 rings (SSSR count). The Labute approximate surface area is 151 Å². The second-order valence-electron chi connectivity index (χ2n) is 6.52. The Bertz CT molecular complexity index is 831. The third-order valence-electron chi connectivity index (χ3n) is 4.70. The zero-order chi connectivity index (χ0) is 18.7. The number of amides is 1. The number of hydrogen-bond donors (Lipinski definition) is 1. The number of nitro benzene ring substituents is 1. The lowest BCUT2D eigenvalue weighted by Gasteiger charge is -2.34. The summed E-state index contributed by atoms with van der Waals surface area (Å²) in [5.41, 5.74) is 2.03. The van der Waals surface area contributed by atoms with Crippen LogP contribution in [0.25, 0.3) is 10.9 Å². The lowest BCUT2D eigenvalue weighted by atomic mass is 10.1. The average molecular weight is 357 g/mol. The number of pyridine rings is 1. The van der Waals surface area contributed by atoms with Crippen molar-refractivity contribution in [2.45, 2.75) is 13.8 Å². The Hall–Kier alpha value is -2.74. The van der Waals surface area contributed by atoms with Crippen LogP contribution in [-0.2, 0) is 4.79 Å². The summed E-state index contributed by atoms with van der Waals surface area (Å²) in [6.45, 7) is 8.27. The first-order valence-corrected chi connectivity index (χ1v) is 8.72. The van der Waals surface area contributed by atoms with Gasteiger partial charge in [0, 0.05) is 69.0 Å². The number of carbonyl (C=O) groups is 1. The first kappa shape index (κ1) is 18.1. The summed E-state index contributed by atoms with van der Waals surface area (Å²) in [5, 5.41) is 15.4. The fraction of sp³-hybridized carbons (Fsp3) is 0.444. The number of para-hydroxylation sites is 1. The minimum absolute atomic E-state index is 0.0228. The number of nitrogens with zero attached hydrogens (tertiary/aromatic N) is 4. The predicted molar refractivity (Wildman–Crippen MR) is 100 cm³/mol. The molecule has 26 heavy (non-hydrogen) atoms. The largest absolute Gasteiger partial charge is 0.383 e. The summed E-state index contributed by atoms with van der Waals surface area (Å²) < 4.78 is 0. The van der Waals surface area contributed by atoms with Gasteiger partial charge in [-0.1, -0.05) is 12.1 Å². The van der Waals surface area contributed by atoms with Crippen molar-refractivity contribution in [3.63, 3.8) is 0 Å². The topological polar surface area (TPSA) is 91.6 Å². The quantitative estimate of drug-likeness (QED) is 0.650. The molecule has 0 spiro atoms. The SMILES string of the molecule is CC(=O)N1CCN(CCNc2cc(C)nc3c([N+](=O)[O-])cccc23)CC1. The number of hydrogen-bond acceptors (Lipinski definition) is 6. The number of anilines is 1. The molecule has 1 aromatic carbocycles. The van der Waals surface area contributed by atoms with E-state index in [0.29, 0.717) is 5.52 Å². The van der Waals surface area contributed by atoms with Gasteiger partial charge in [0.1, 0.15) is 0 Å². The van der Waals surface area contributed by atoms with Gasteiger partial charge in [-0.2, -0.15) is 0 Å². The lowest BCUT2D eigenvalue weighted by Crippen LogP contribution is -2.49. The number of piperazine rings is 1. The molecule has 0 unspecified atom stereocenters. The molecule has 0 saturated carbocycles. The fourth-order valence-corrected chi connectivity index (χ4v) is 3.29. The summed E-state index contributed by atoms with van der Waals surface area (Å²) in [4.78, 5) is 30.8. The number of nitro groups is 1. The molecular weight excluding hydrogens is 334 g/mol. The van der Waals surface area contributed by atoms with E-state index in [-0.39, 0.29) is 11.6 Å². The zero-order valence-corrected chi connectivity index (χ0v) is 15.1. The van der Waals surface area contributed by atoms with Crippen molar-refractivity contribution < 1.29 is 9.72 Å². The third-order valence-corrected chi connectivity index (χ3v) is 4.70. The highest BCUT2D eigenvalue weighted by Gasteiger charge is 2.18. The van der Waals surface area contributed by atoms with E-state index in [4.69, 9.17) is 0 Å². The van der Waals surface area contributed by atoms with Crippen LogP contribution < -0.4 is 5.32 Å². The van der Waals surface area contributed by atoms with E-state index in [2.05, 4.69) is 15.2 Å². The molecule has 2 heterocycles. The molecule has 1 saturated heterocycles. The van der Waals surface area contributed by atoms with Crippen molar-refractivity contribution in [3.05, 3.63) is 40.1 Å². The highest BCUT2D eigenvalue weighted by atomic mass is 16.6. The van der Waals surface area contributed by atoms with E-state index < -0.39 is 4.92 Å². The monoisotopic (exact) mass is 357 g/mol. The van der Waals surface area contributed by atoms with E-state index >= 15 is 0 Å². The van der Waals surface area contributed by atoms with Crippen molar-refractivity contribution >= 4 is 28.2 Å². The molecule has 1 N–H and O–H groups in total. The van der Waals surface area contributed by atoms with Crippen LogP contribution in [0, 0.1) is 17.0 Å². The number of benzene rings is 1. The van der Waals surface area contributed by atoms with Crippen LogP contribution in [0.4, 0.5) is 11.4 Å². The van der Waals surface area contributed by atoms with Gasteiger partial charge in [0.2, 0.25) is 5.91 Å². The number of aromatic nitrogens is 1. The van der Waals surface area contributed by atoms with Gasteiger partial charge in [0.25, 0.3) is 5.69 Å². The molecule has 1 amide bonds. The van der Waals surface area contributed by atoms with Gasteiger partial charge < -0.3 is 10.2 Å². The molecule has 8 nitrogen and oxygen atoms in total. The number of non-ortho nitro benzene ring substituents is 1. The second kappa shape index (κ2) is 7.65. The minimum atomic E-state index is -0.396. The van der Waals surface area contributed by atoms with Crippen LogP contribution in [0.3, 0.4) is 0 Å². The molecule has 0 bridgehead atoms. The van der Waals surface area contributed by atoms with Crippen molar-refractivity contribution in [2.24, 2.45) is 0 Å². The average Bonchev–Trinajstić information content (AvgIpc) is 2.61. The molecule has 2 aromatic rings. The molecule has 1 fully saturated rings. The normalized spacial score (nSPS) is 15.2. The van der Waals surface area contributed by atoms with Crippen LogP contribution in [0.1, 0.15) is 12.6 Å². The Morgan fingerprint density at radius 1 is 1.31 bits per heavy atom. The Kier molecular flexibility index (Phi) is 5.32. The molecular formula is C18H23N5O3. The third kappa shape index (κ3) is 3.91. The fourth-order valence-electron chi connectivity index (χ4n) is 3.29. The molecule has 0 radical (unpaired) electrons. The van der Waals surface area contributed by atoms with Gasteiger partial charge in [-0.3, -0.25) is 19.8 Å². The molecule has 1 aliphatic rings. The van der Waals surface area contributed by atoms with Crippen LogP contribution in [0.2, 0.25) is 0 Å². The molecule has 1 aromatic heterocycles. The minimum Gasteiger partial charge on any atom is -0.383 e. The van der Waals surface area contributed by atoms with Gasteiger partial charge in [0.15, 0.2) is 5.52 Å². The zero-order valence-electron chi connectivity index (χ0n) is 15.1. The standard InChI is InChI=1S/C18H23N5O3/c1-13-12-16(15-4-3-5-17(23(25)26)18(15)20-13)19-6-7-21-8-10-22(11-9-21)14(2)24/h3-5,12H,6-11H2,1-2H3,(H,19,20). The maximum Gasteiger partial charge on any atom is 0.295 e.